The summed E-state index contributed by atoms with van der Waals surface area (Å²) in [4.78, 5) is 9.55. The van der Waals surface area contributed by atoms with Crippen LogP contribution in [0.3, 0.4) is 0 Å². The molecule has 0 aliphatic heterocycles. The zero-order chi connectivity index (χ0) is 19.0. The molecule has 152 valence electrons. The van der Waals surface area contributed by atoms with E-state index in [4.69, 9.17) is 13.8 Å². The van der Waals surface area contributed by atoms with Gasteiger partial charge >= 0.3 is 7.82 Å². The van der Waals surface area contributed by atoms with Crippen molar-refractivity contribution >= 4 is 7.82 Å². The summed E-state index contributed by atoms with van der Waals surface area (Å²) in [6, 6.07) is 0. The number of unbranched alkanes of at least 4 members (excludes halogenated alkanes) is 7. The molecule has 0 bridgehead atoms. The number of likely N-dealkylation sites (N-methyl/N-ethyl adjacent to an activating group) is 1. The van der Waals surface area contributed by atoms with E-state index in [0.29, 0.717) is 24.1 Å². The van der Waals surface area contributed by atoms with Gasteiger partial charge in [-0.3, -0.25) is 9.05 Å². The fourth-order valence-corrected chi connectivity index (χ4v) is 3.00. The molecule has 0 aromatic heterocycles. The molecule has 0 saturated heterocycles. The van der Waals surface area contributed by atoms with E-state index in [-0.39, 0.29) is 13.2 Å². The van der Waals surface area contributed by atoms with Crippen LogP contribution in [0.2, 0.25) is 0 Å². The van der Waals surface area contributed by atoms with Crippen molar-refractivity contribution in [2.45, 2.75) is 64.7 Å². The third kappa shape index (κ3) is 20.2. The smallest absolute Gasteiger partial charge is 0.381 e. The van der Waals surface area contributed by atoms with Gasteiger partial charge in [-0.15, -0.1) is 0 Å². The summed E-state index contributed by atoms with van der Waals surface area (Å²) < 4.78 is 27.7. The number of hydrogen-bond donors (Lipinski definition) is 1. The summed E-state index contributed by atoms with van der Waals surface area (Å²) in [7, 11) is 2.06. The van der Waals surface area contributed by atoms with Gasteiger partial charge < -0.3 is 14.1 Å². The quantitative estimate of drug-likeness (QED) is 0.217. The Bertz CT molecular complexity index is 347. The van der Waals surface area contributed by atoms with Gasteiger partial charge in [0.2, 0.25) is 0 Å². The summed E-state index contributed by atoms with van der Waals surface area (Å²) in [6.45, 7) is 4.57. The molecule has 7 heteroatoms. The number of nitrogens with zero attached hydrogens (tertiary/aromatic N) is 1. The average Bonchev–Trinajstić information content (AvgIpc) is 2.50. The minimum atomic E-state index is -3.93. The van der Waals surface area contributed by atoms with Gasteiger partial charge in [0.25, 0.3) is 0 Å². The predicted octanol–water partition coefficient (Wildman–Crippen LogP) is 4.37. The van der Waals surface area contributed by atoms with Gasteiger partial charge in [-0.1, -0.05) is 51.9 Å². The molecule has 6 nitrogen and oxygen atoms in total. The predicted molar refractivity (Wildman–Crippen MR) is 103 cm³/mol. The number of quaternary nitrogens is 1. The van der Waals surface area contributed by atoms with Crippen molar-refractivity contribution < 1.29 is 27.7 Å². The van der Waals surface area contributed by atoms with Crippen LogP contribution in [0.4, 0.5) is 0 Å². The first-order valence-electron chi connectivity index (χ1n) is 9.77. The fraction of sp³-hybridized carbons (Fsp3) is 1.00. The second kappa shape index (κ2) is 15.1. The summed E-state index contributed by atoms with van der Waals surface area (Å²) >= 11 is 0. The number of rotatable bonds is 18. The van der Waals surface area contributed by atoms with Crippen molar-refractivity contribution in [2.24, 2.45) is 0 Å². The molecule has 0 aromatic carbocycles. The lowest BCUT2D eigenvalue weighted by Crippen LogP contribution is -2.37. The second-order valence-electron chi connectivity index (χ2n) is 7.59. The van der Waals surface area contributed by atoms with Crippen molar-refractivity contribution in [3.63, 3.8) is 0 Å². The molecule has 0 amide bonds. The third-order valence-corrected chi connectivity index (χ3v) is 4.86. The van der Waals surface area contributed by atoms with Crippen molar-refractivity contribution in [1.29, 1.82) is 0 Å². The van der Waals surface area contributed by atoms with E-state index in [1.165, 1.54) is 44.9 Å². The highest BCUT2D eigenvalue weighted by atomic mass is 31.2. The molecule has 0 rings (SSSR count). The molecule has 0 saturated carbocycles. The average molecular weight is 383 g/mol. The molecule has 0 spiro atoms. The van der Waals surface area contributed by atoms with Crippen LogP contribution in [0, 0.1) is 0 Å². The van der Waals surface area contributed by atoms with Crippen molar-refractivity contribution in [1.82, 2.24) is 0 Å². The van der Waals surface area contributed by atoms with Gasteiger partial charge in [0, 0.05) is 13.2 Å². The van der Waals surface area contributed by atoms with E-state index in [9.17, 15) is 9.46 Å². The number of phosphoric ester groups is 1. The molecule has 25 heavy (non-hydrogen) atoms. The molecular formula is C18H41NO5P+. The first-order chi connectivity index (χ1) is 11.8. The first-order valence-corrected chi connectivity index (χ1v) is 11.3. The Balaban J connectivity index is 3.35. The Morgan fingerprint density at radius 2 is 1.28 bits per heavy atom. The first kappa shape index (κ1) is 25.0. The highest BCUT2D eigenvalue weighted by Crippen LogP contribution is 2.43. The standard InChI is InChI=1S/C18H40NO5P/c1-5-6-7-8-9-10-11-12-15-22-16-13-17-23-25(20,21)24-18-14-19(2,3)4/h5-18H2,1-4H3/p+1. The van der Waals surface area contributed by atoms with Crippen LogP contribution in [0.15, 0.2) is 0 Å². The van der Waals surface area contributed by atoms with Crippen LogP contribution < -0.4 is 0 Å². The van der Waals surface area contributed by atoms with Gasteiger partial charge in [-0.2, -0.15) is 0 Å². The molecule has 0 aliphatic carbocycles. The molecule has 0 radical (unpaired) electrons. The van der Waals surface area contributed by atoms with Crippen molar-refractivity contribution in [2.75, 3.05) is 54.1 Å². The minimum absolute atomic E-state index is 0.176. The number of hydrogen-bond acceptors (Lipinski definition) is 4. The van der Waals surface area contributed by atoms with Crippen molar-refractivity contribution in [3.8, 4) is 0 Å². The van der Waals surface area contributed by atoms with E-state index in [1.54, 1.807) is 0 Å². The maximum Gasteiger partial charge on any atom is 0.472 e. The maximum atomic E-state index is 11.7. The zero-order valence-corrected chi connectivity index (χ0v) is 17.8. The lowest BCUT2D eigenvalue weighted by atomic mass is 10.1. The van der Waals surface area contributed by atoms with E-state index in [1.807, 2.05) is 21.1 Å². The summed E-state index contributed by atoms with van der Waals surface area (Å²) in [5.41, 5.74) is 0. The molecule has 0 fully saturated rings. The monoisotopic (exact) mass is 382 g/mol. The molecule has 1 unspecified atom stereocenters. The van der Waals surface area contributed by atoms with Crippen molar-refractivity contribution in [3.05, 3.63) is 0 Å². The Hall–Kier alpha value is 0.0300. The highest BCUT2D eigenvalue weighted by molar-refractivity contribution is 7.47. The summed E-state index contributed by atoms with van der Waals surface area (Å²) in [5, 5.41) is 0. The molecular weight excluding hydrogens is 341 g/mol. The van der Waals surface area contributed by atoms with Crippen LogP contribution in [-0.4, -0.2) is 63.5 Å². The van der Waals surface area contributed by atoms with Gasteiger partial charge in [0.1, 0.15) is 13.2 Å². The van der Waals surface area contributed by atoms with E-state index in [2.05, 4.69) is 6.92 Å². The molecule has 1 atom stereocenters. The van der Waals surface area contributed by atoms with Gasteiger partial charge in [-0.05, 0) is 12.8 Å². The molecule has 1 N–H and O–H groups in total. The lowest BCUT2D eigenvalue weighted by Gasteiger charge is -2.24. The summed E-state index contributed by atoms with van der Waals surface area (Å²) in [6.07, 6.45) is 10.9. The molecule has 0 aromatic rings. The topological polar surface area (TPSA) is 65.0 Å². The largest absolute Gasteiger partial charge is 0.472 e. The van der Waals surface area contributed by atoms with E-state index < -0.39 is 7.82 Å². The Labute approximate surface area is 155 Å². The molecule has 0 heterocycles. The fourth-order valence-electron chi connectivity index (χ4n) is 2.25. The van der Waals surface area contributed by atoms with Gasteiger partial charge in [0.15, 0.2) is 0 Å². The van der Waals surface area contributed by atoms with Gasteiger partial charge in [0.05, 0.1) is 27.7 Å². The normalized spacial score (nSPS) is 14.6. The van der Waals surface area contributed by atoms with Crippen LogP contribution in [0.1, 0.15) is 64.7 Å². The number of ether oxygens (including phenoxy) is 1. The minimum Gasteiger partial charge on any atom is -0.381 e. The molecule has 0 aliphatic rings. The Morgan fingerprint density at radius 1 is 0.760 bits per heavy atom. The summed E-state index contributed by atoms with van der Waals surface area (Å²) in [5.74, 6) is 0. The Morgan fingerprint density at radius 3 is 1.88 bits per heavy atom. The maximum absolute atomic E-state index is 11.7. The van der Waals surface area contributed by atoms with E-state index in [0.717, 1.165) is 13.0 Å². The number of phosphoric acid groups is 1. The van der Waals surface area contributed by atoms with Crippen LogP contribution in [-0.2, 0) is 18.3 Å². The second-order valence-corrected chi connectivity index (χ2v) is 9.04. The van der Waals surface area contributed by atoms with Crippen LogP contribution in [0.25, 0.3) is 0 Å². The zero-order valence-electron chi connectivity index (χ0n) is 16.9. The van der Waals surface area contributed by atoms with Crippen LogP contribution in [0.5, 0.6) is 0 Å². The highest BCUT2D eigenvalue weighted by Gasteiger charge is 2.21. The van der Waals surface area contributed by atoms with Gasteiger partial charge in [-0.25, -0.2) is 4.57 Å². The third-order valence-electron chi connectivity index (χ3n) is 3.85. The lowest BCUT2D eigenvalue weighted by molar-refractivity contribution is -0.870. The SMILES string of the molecule is CCCCCCCCCCOCCCOP(=O)(O)OCC[N+](C)(C)C. The Kier molecular flexibility index (Phi) is 15.1. The van der Waals surface area contributed by atoms with Crippen LogP contribution >= 0.6 is 7.82 Å². The van der Waals surface area contributed by atoms with E-state index >= 15 is 0 Å².